The predicted molar refractivity (Wildman–Crippen MR) is 170 cm³/mol. The molecule has 4 heterocycles. The van der Waals surface area contributed by atoms with Gasteiger partial charge in [-0.15, -0.1) is 5.10 Å². The third kappa shape index (κ3) is 5.95. The van der Waals surface area contributed by atoms with Crippen LogP contribution in [0.15, 0.2) is 61.1 Å². The second-order valence-electron chi connectivity index (χ2n) is 10.8. The molecule has 0 radical (unpaired) electrons. The molecule has 44 heavy (non-hydrogen) atoms. The number of esters is 1. The lowest BCUT2D eigenvalue weighted by Gasteiger charge is -2.37. The van der Waals surface area contributed by atoms with Crippen LogP contribution >= 0.6 is 11.3 Å². The number of thiazole rings is 1. The molecule has 2 aromatic carbocycles. The Hall–Kier alpha value is -4.91. The molecule has 0 unspecified atom stereocenters. The number of carbonyl (C=O) groups is 2. The minimum Gasteiger partial charge on any atom is -0.466 e. The van der Waals surface area contributed by atoms with Gasteiger partial charge in [0, 0.05) is 43.2 Å². The van der Waals surface area contributed by atoms with Gasteiger partial charge in [-0.1, -0.05) is 34.7 Å². The molecule has 1 saturated heterocycles. The van der Waals surface area contributed by atoms with Gasteiger partial charge in [0.1, 0.15) is 5.69 Å². The van der Waals surface area contributed by atoms with Crippen LogP contribution in [0.1, 0.15) is 33.6 Å². The number of aromatic nitrogens is 6. The largest absolute Gasteiger partial charge is 0.466 e. The molecule has 3 aromatic heterocycles. The van der Waals surface area contributed by atoms with Gasteiger partial charge in [0.25, 0.3) is 0 Å². The van der Waals surface area contributed by atoms with E-state index in [2.05, 4.69) is 35.8 Å². The van der Waals surface area contributed by atoms with E-state index in [9.17, 15) is 9.59 Å². The Morgan fingerprint density at radius 2 is 1.80 bits per heavy atom. The van der Waals surface area contributed by atoms with Crippen LogP contribution in [-0.4, -0.2) is 68.2 Å². The Morgan fingerprint density at radius 3 is 2.50 bits per heavy atom. The number of hydrogen-bond acceptors (Lipinski definition) is 10. The zero-order chi connectivity index (χ0) is 30.7. The Kier molecular flexibility index (Phi) is 8.20. The highest BCUT2D eigenvalue weighted by Crippen LogP contribution is 2.39. The lowest BCUT2D eigenvalue weighted by atomic mass is 9.80. The molecule has 6 rings (SSSR count). The SMILES string of the molecule is CCNC(=O)Nc1nc2cc(-c3cnc(N4CCC(C)(C(=O)OCC)CC4)nc3)cc(-c3cn(-c4ccccc4)nn3)c2s1. The van der Waals surface area contributed by atoms with Gasteiger partial charge in [-0.2, -0.15) is 0 Å². The van der Waals surface area contributed by atoms with Gasteiger partial charge in [0.2, 0.25) is 5.95 Å². The van der Waals surface area contributed by atoms with Crippen molar-refractivity contribution in [3.63, 3.8) is 0 Å². The molecule has 0 spiro atoms. The van der Waals surface area contributed by atoms with Gasteiger partial charge in [0.15, 0.2) is 5.13 Å². The maximum Gasteiger partial charge on any atom is 0.321 e. The summed E-state index contributed by atoms with van der Waals surface area (Å²) in [4.78, 5) is 40.8. The van der Waals surface area contributed by atoms with Crippen molar-refractivity contribution < 1.29 is 14.3 Å². The normalized spacial score (nSPS) is 14.4. The molecule has 2 amide bonds. The van der Waals surface area contributed by atoms with E-state index in [4.69, 9.17) is 9.72 Å². The highest BCUT2D eigenvalue weighted by Gasteiger charge is 2.38. The van der Waals surface area contributed by atoms with E-state index < -0.39 is 5.41 Å². The predicted octanol–water partition coefficient (Wildman–Crippen LogP) is 5.31. The standard InChI is InChI=1S/C31H33N9O3S/c1-4-32-29(42)36-30-35-24-16-20(15-23(26(24)44-30)25-19-40(38-37-25)22-9-7-6-8-10-22)21-17-33-28(34-18-21)39-13-11-31(3,12-14-39)27(41)43-5-2/h6-10,15-19H,4-5,11-14H2,1-3H3,(H2,32,35,36,42). The fraction of sp³-hybridized carbons (Fsp3) is 0.323. The second-order valence-corrected chi connectivity index (χ2v) is 11.8. The highest BCUT2D eigenvalue weighted by molar-refractivity contribution is 7.22. The van der Waals surface area contributed by atoms with Crippen LogP contribution in [0.5, 0.6) is 0 Å². The molecular weight excluding hydrogens is 578 g/mol. The first kappa shape index (κ1) is 29.2. The lowest BCUT2D eigenvalue weighted by molar-refractivity contribution is -0.155. The Balaban J connectivity index is 1.31. The van der Waals surface area contributed by atoms with Gasteiger partial charge in [-0.05, 0) is 63.4 Å². The quantitative estimate of drug-likeness (QED) is 0.223. The smallest absolute Gasteiger partial charge is 0.321 e. The fourth-order valence-corrected chi connectivity index (χ4v) is 6.15. The molecule has 1 aliphatic rings. The van der Waals surface area contributed by atoms with E-state index in [0.29, 0.717) is 61.4 Å². The van der Waals surface area contributed by atoms with Gasteiger partial charge < -0.3 is 15.0 Å². The summed E-state index contributed by atoms with van der Waals surface area (Å²) in [6.45, 7) is 7.88. The summed E-state index contributed by atoms with van der Waals surface area (Å²) in [5.41, 5.74) is 4.29. The van der Waals surface area contributed by atoms with Crippen LogP contribution < -0.4 is 15.5 Å². The van der Waals surface area contributed by atoms with Gasteiger partial charge in [0.05, 0.1) is 34.1 Å². The minimum absolute atomic E-state index is 0.141. The number of rotatable bonds is 8. The average molecular weight is 612 g/mol. The maximum atomic E-state index is 12.4. The highest BCUT2D eigenvalue weighted by atomic mass is 32.1. The molecule has 1 fully saturated rings. The summed E-state index contributed by atoms with van der Waals surface area (Å²) in [6.07, 6.45) is 6.83. The number of nitrogens with one attached hydrogen (secondary N) is 2. The molecule has 12 nitrogen and oxygen atoms in total. The molecule has 0 atom stereocenters. The van der Waals surface area contributed by atoms with Crippen molar-refractivity contribution in [2.75, 3.05) is 36.5 Å². The number of amides is 2. The topological polar surface area (TPSA) is 140 Å². The number of nitrogens with zero attached hydrogens (tertiary/aromatic N) is 7. The summed E-state index contributed by atoms with van der Waals surface area (Å²) in [5.74, 6) is 0.478. The van der Waals surface area contributed by atoms with E-state index in [0.717, 1.165) is 27.1 Å². The molecule has 13 heteroatoms. The van der Waals surface area contributed by atoms with E-state index >= 15 is 0 Å². The zero-order valence-corrected chi connectivity index (χ0v) is 25.6. The Labute approximate surface area is 258 Å². The van der Waals surface area contributed by atoms with Crippen molar-refractivity contribution in [1.82, 2.24) is 35.3 Å². The van der Waals surface area contributed by atoms with Crippen molar-refractivity contribution in [1.29, 1.82) is 0 Å². The summed E-state index contributed by atoms with van der Waals surface area (Å²) in [5, 5.41) is 14.9. The van der Waals surface area contributed by atoms with Crippen molar-refractivity contribution in [3.05, 3.63) is 61.1 Å². The number of ether oxygens (including phenoxy) is 1. The number of anilines is 2. The minimum atomic E-state index is -0.487. The number of benzene rings is 2. The van der Waals surface area contributed by atoms with Crippen LogP contribution in [0.25, 0.3) is 38.3 Å². The average Bonchev–Trinajstić information content (AvgIpc) is 3.69. The van der Waals surface area contributed by atoms with E-state index in [1.165, 1.54) is 11.3 Å². The van der Waals surface area contributed by atoms with Crippen molar-refractivity contribution in [2.45, 2.75) is 33.6 Å². The first-order chi connectivity index (χ1) is 21.4. The summed E-state index contributed by atoms with van der Waals surface area (Å²) in [6, 6.07) is 13.5. The zero-order valence-electron chi connectivity index (χ0n) is 24.8. The van der Waals surface area contributed by atoms with Crippen LogP contribution in [0.2, 0.25) is 0 Å². The molecule has 5 aromatic rings. The van der Waals surface area contributed by atoms with Gasteiger partial charge >= 0.3 is 12.0 Å². The Bertz CT molecular complexity index is 1780. The third-order valence-electron chi connectivity index (χ3n) is 7.73. The van der Waals surface area contributed by atoms with Gasteiger partial charge in [-0.3, -0.25) is 10.1 Å². The number of carbonyl (C=O) groups excluding carboxylic acids is 2. The van der Waals surface area contributed by atoms with Crippen molar-refractivity contribution >= 4 is 44.6 Å². The molecular formula is C31H33N9O3S. The molecule has 226 valence electrons. The van der Waals surface area contributed by atoms with Gasteiger partial charge in [-0.25, -0.2) is 24.4 Å². The van der Waals surface area contributed by atoms with Crippen molar-refractivity contribution in [2.24, 2.45) is 5.41 Å². The molecule has 0 bridgehead atoms. The fourth-order valence-electron chi connectivity index (χ4n) is 5.18. The van der Waals surface area contributed by atoms with E-state index in [1.54, 1.807) is 17.1 Å². The molecule has 0 aliphatic carbocycles. The number of piperidine rings is 1. The number of fused-ring (bicyclic) bond motifs is 1. The lowest BCUT2D eigenvalue weighted by Crippen LogP contribution is -2.44. The second kappa shape index (κ2) is 12.4. The molecule has 2 N–H and O–H groups in total. The molecule has 1 aliphatic heterocycles. The monoisotopic (exact) mass is 611 g/mol. The van der Waals surface area contributed by atoms with E-state index in [1.807, 2.05) is 69.4 Å². The third-order valence-corrected chi connectivity index (χ3v) is 8.75. The Morgan fingerprint density at radius 1 is 1.05 bits per heavy atom. The van der Waals surface area contributed by atoms with Crippen LogP contribution in [0.3, 0.4) is 0 Å². The van der Waals surface area contributed by atoms with Crippen LogP contribution in [0.4, 0.5) is 15.9 Å². The number of urea groups is 1. The summed E-state index contributed by atoms with van der Waals surface area (Å²) in [7, 11) is 0. The van der Waals surface area contributed by atoms with Crippen LogP contribution in [-0.2, 0) is 9.53 Å². The summed E-state index contributed by atoms with van der Waals surface area (Å²) < 4.78 is 7.89. The summed E-state index contributed by atoms with van der Waals surface area (Å²) >= 11 is 1.38. The van der Waals surface area contributed by atoms with Crippen LogP contribution in [0, 0.1) is 5.41 Å². The maximum absolute atomic E-state index is 12.4. The first-order valence-corrected chi connectivity index (χ1v) is 15.4. The first-order valence-electron chi connectivity index (χ1n) is 14.6. The number of para-hydroxylation sites is 1. The number of hydrogen-bond donors (Lipinski definition) is 2. The van der Waals surface area contributed by atoms with E-state index in [-0.39, 0.29) is 12.0 Å². The molecule has 0 saturated carbocycles. The van der Waals surface area contributed by atoms with Crippen molar-refractivity contribution in [3.8, 4) is 28.1 Å².